The monoisotopic (exact) mass is 460 g/mol. The van der Waals surface area contributed by atoms with E-state index in [4.69, 9.17) is 10.5 Å². The van der Waals surface area contributed by atoms with Gasteiger partial charge in [-0.25, -0.2) is 0 Å². The Kier molecular flexibility index (Phi) is 10.4. The standard InChI is InChI=1S/C19H32N4O.HI/c1-4-15(2)16-7-9-17(10-8-16)22-19(20)21-14-18-6-5-11-23(18)12-13-24-3;/h7-10,15,18H,4-6,11-14H2,1-3H3,(H3,20,21,22);1H. The summed E-state index contributed by atoms with van der Waals surface area (Å²) in [7, 11) is 1.75. The van der Waals surface area contributed by atoms with Crippen molar-refractivity contribution in [2.24, 2.45) is 10.7 Å². The number of hydrogen-bond acceptors (Lipinski definition) is 3. The summed E-state index contributed by atoms with van der Waals surface area (Å²) in [5.41, 5.74) is 8.40. The van der Waals surface area contributed by atoms with E-state index in [9.17, 15) is 0 Å². The SMILES string of the molecule is CCC(C)c1ccc(NC(N)=NCC2CCCN2CCOC)cc1.I. The van der Waals surface area contributed by atoms with Crippen LogP contribution in [0.3, 0.4) is 0 Å². The number of ether oxygens (including phenoxy) is 1. The summed E-state index contributed by atoms with van der Waals surface area (Å²) >= 11 is 0. The van der Waals surface area contributed by atoms with Gasteiger partial charge >= 0.3 is 0 Å². The van der Waals surface area contributed by atoms with Crippen molar-refractivity contribution in [3.8, 4) is 0 Å². The molecule has 0 radical (unpaired) electrons. The molecule has 1 aliphatic rings. The molecule has 1 saturated heterocycles. The largest absolute Gasteiger partial charge is 0.383 e. The first kappa shape index (κ1) is 22.2. The molecule has 0 aromatic heterocycles. The van der Waals surface area contributed by atoms with E-state index in [1.165, 1.54) is 18.4 Å². The average molecular weight is 460 g/mol. The molecule has 0 aliphatic carbocycles. The molecule has 1 fully saturated rings. The molecule has 142 valence electrons. The van der Waals surface area contributed by atoms with Gasteiger partial charge in [-0.05, 0) is 49.4 Å². The number of nitrogens with zero attached hydrogens (tertiary/aromatic N) is 2. The molecule has 2 rings (SSSR count). The quantitative estimate of drug-likeness (QED) is 0.353. The molecular weight excluding hydrogens is 427 g/mol. The molecular formula is C19H33IN4O. The van der Waals surface area contributed by atoms with E-state index in [1.54, 1.807) is 7.11 Å². The topological polar surface area (TPSA) is 62.9 Å². The Morgan fingerprint density at radius 1 is 1.40 bits per heavy atom. The van der Waals surface area contributed by atoms with Gasteiger partial charge in [0, 0.05) is 25.4 Å². The smallest absolute Gasteiger partial charge is 0.193 e. The molecule has 0 saturated carbocycles. The van der Waals surface area contributed by atoms with Gasteiger partial charge in [0.05, 0.1) is 13.2 Å². The van der Waals surface area contributed by atoms with Crippen molar-refractivity contribution in [3.05, 3.63) is 29.8 Å². The highest BCUT2D eigenvalue weighted by atomic mass is 127. The number of halogens is 1. The Morgan fingerprint density at radius 3 is 2.76 bits per heavy atom. The van der Waals surface area contributed by atoms with Crippen LogP contribution in [0, 0.1) is 0 Å². The van der Waals surface area contributed by atoms with E-state index in [1.807, 2.05) is 0 Å². The van der Waals surface area contributed by atoms with Crippen LogP contribution in [0.4, 0.5) is 5.69 Å². The fraction of sp³-hybridized carbons (Fsp3) is 0.632. The highest BCUT2D eigenvalue weighted by Gasteiger charge is 2.23. The molecule has 2 atom stereocenters. The summed E-state index contributed by atoms with van der Waals surface area (Å²) in [6.07, 6.45) is 3.57. The number of aliphatic imine (C=N–C) groups is 1. The zero-order chi connectivity index (χ0) is 17.4. The van der Waals surface area contributed by atoms with Crippen molar-refractivity contribution in [2.45, 2.75) is 45.1 Å². The van der Waals surface area contributed by atoms with E-state index in [2.05, 4.69) is 53.3 Å². The van der Waals surface area contributed by atoms with E-state index in [0.717, 1.165) is 38.3 Å². The number of rotatable bonds is 8. The Morgan fingerprint density at radius 2 is 2.12 bits per heavy atom. The third kappa shape index (κ3) is 7.11. The zero-order valence-electron chi connectivity index (χ0n) is 15.7. The normalized spacial score (nSPS) is 19.5. The van der Waals surface area contributed by atoms with Crippen molar-refractivity contribution in [1.82, 2.24) is 4.90 Å². The van der Waals surface area contributed by atoms with Gasteiger partial charge in [0.25, 0.3) is 0 Å². The minimum Gasteiger partial charge on any atom is -0.383 e. The Labute approximate surface area is 169 Å². The molecule has 6 heteroatoms. The minimum atomic E-state index is 0. The molecule has 0 bridgehead atoms. The van der Waals surface area contributed by atoms with Crippen molar-refractivity contribution >= 4 is 35.6 Å². The van der Waals surface area contributed by atoms with Crippen LogP contribution in [-0.2, 0) is 4.74 Å². The van der Waals surface area contributed by atoms with Crippen LogP contribution >= 0.6 is 24.0 Å². The second kappa shape index (κ2) is 11.7. The predicted octanol–water partition coefficient (Wildman–Crippen LogP) is 3.66. The molecule has 0 amide bonds. The minimum absolute atomic E-state index is 0. The molecule has 1 aliphatic heterocycles. The predicted molar refractivity (Wildman–Crippen MR) is 117 cm³/mol. The van der Waals surface area contributed by atoms with Gasteiger partial charge in [-0.1, -0.05) is 26.0 Å². The Balaban J connectivity index is 0.00000312. The van der Waals surface area contributed by atoms with Crippen molar-refractivity contribution in [1.29, 1.82) is 0 Å². The van der Waals surface area contributed by atoms with Gasteiger partial charge in [-0.2, -0.15) is 0 Å². The van der Waals surface area contributed by atoms with Gasteiger partial charge in [0.15, 0.2) is 5.96 Å². The fourth-order valence-corrected chi connectivity index (χ4v) is 3.13. The molecule has 25 heavy (non-hydrogen) atoms. The van der Waals surface area contributed by atoms with Crippen LogP contribution in [0.25, 0.3) is 0 Å². The fourth-order valence-electron chi connectivity index (χ4n) is 3.13. The molecule has 5 nitrogen and oxygen atoms in total. The van der Waals surface area contributed by atoms with E-state index in [0.29, 0.717) is 17.9 Å². The van der Waals surface area contributed by atoms with Crippen molar-refractivity contribution in [3.63, 3.8) is 0 Å². The second-order valence-corrected chi connectivity index (χ2v) is 6.61. The van der Waals surface area contributed by atoms with Crippen LogP contribution in [-0.4, -0.2) is 50.3 Å². The maximum absolute atomic E-state index is 6.05. The number of nitrogens with two attached hydrogens (primary N) is 1. The van der Waals surface area contributed by atoms with Crippen LogP contribution < -0.4 is 11.1 Å². The first-order valence-electron chi connectivity index (χ1n) is 9.04. The van der Waals surface area contributed by atoms with Gasteiger partial charge in [0.2, 0.25) is 0 Å². The van der Waals surface area contributed by atoms with E-state index in [-0.39, 0.29) is 24.0 Å². The molecule has 3 N–H and O–H groups in total. The molecule has 1 aromatic carbocycles. The van der Waals surface area contributed by atoms with Gasteiger partial charge in [0.1, 0.15) is 0 Å². The first-order chi connectivity index (χ1) is 11.6. The lowest BCUT2D eigenvalue weighted by atomic mass is 9.99. The molecule has 1 heterocycles. The van der Waals surface area contributed by atoms with Gasteiger partial charge in [-0.15, -0.1) is 24.0 Å². The van der Waals surface area contributed by atoms with E-state index < -0.39 is 0 Å². The average Bonchev–Trinajstić information content (AvgIpc) is 3.05. The van der Waals surface area contributed by atoms with Crippen molar-refractivity contribution < 1.29 is 4.74 Å². The summed E-state index contributed by atoms with van der Waals surface area (Å²) in [5, 5.41) is 3.19. The number of hydrogen-bond donors (Lipinski definition) is 2. The lowest BCUT2D eigenvalue weighted by Crippen LogP contribution is -2.35. The molecule has 1 aromatic rings. The highest BCUT2D eigenvalue weighted by Crippen LogP contribution is 2.20. The number of methoxy groups -OCH3 is 1. The maximum Gasteiger partial charge on any atom is 0.193 e. The zero-order valence-corrected chi connectivity index (χ0v) is 18.0. The third-order valence-corrected chi connectivity index (χ3v) is 4.92. The summed E-state index contributed by atoms with van der Waals surface area (Å²) in [6.45, 7) is 8.08. The Bertz CT molecular complexity index is 521. The first-order valence-corrected chi connectivity index (χ1v) is 9.04. The number of benzene rings is 1. The summed E-state index contributed by atoms with van der Waals surface area (Å²) in [5.74, 6) is 1.08. The van der Waals surface area contributed by atoms with Crippen LogP contribution in [0.1, 0.15) is 44.6 Å². The van der Waals surface area contributed by atoms with Crippen molar-refractivity contribution in [2.75, 3.05) is 38.7 Å². The summed E-state index contributed by atoms with van der Waals surface area (Å²) in [4.78, 5) is 6.98. The van der Waals surface area contributed by atoms with Crippen LogP contribution in [0.15, 0.2) is 29.3 Å². The highest BCUT2D eigenvalue weighted by molar-refractivity contribution is 14.0. The van der Waals surface area contributed by atoms with Gasteiger partial charge in [-0.3, -0.25) is 9.89 Å². The number of guanidine groups is 1. The van der Waals surface area contributed by atoms with Gasteiger partial charge < -0.3 is 15.8 Å². The van der Waals surface area contributed by atoms with Crippen LogP contribution in [0.5, 0.6) is 0 Å². The second-order valence-electron chi connectivity index (χ2n) is 6.61. The summed E-state index contributed by atoms with van der Waals surface area (Å²) in [6, 6.07) is 8.95. The molecule has 2 unspecified atom stereocenters. The lowest BCUT2D eigenvalue weighted by Gasteiger charge is -2.22. The maximum atomic E-state index is 6.05. The Hall–Kier alpha value is -0.860. The number of anilines is 1. The third-order valence-electron chi connectivity index (χ3n) is 4.92. The summed E-state index contributed by atoms with van der Waals surface area (Å²) < 4.78 is 5.18. The van der Waals surface area contributed by atoms with Crippen LogP contribution in [0.2, 0.25) is 0 Å². The number of nitrogens with one attached hydrogen (secondary N) is 1. The van der Waals surface area contributed by atoms with E-state index >= 15 is 0 Å². The molecule has 0 spiro atoms. The number of likely N-dealkylation sites (tertiary alicyclic amines) is 1. The lowest BCUT2D eigenvalue weighted by molar-refractivity contribution is 0.143.